The van der Waals surface area contributed by atoms with Crippen LogP contribution in [0.2, 0.25) is 0 Å². The van der Waals surface area contributed by atoms with Crippen LogP contribution < -0.4 is 10.1 Å². The Labute approximate surface area is 184 Å². The van der Waals surface area contributed by atoms with Gasteiger partial charge in [-0.2, -0.15) is 0 Å². The highest BCUT2D eigenvalue weighted by Gasteiger charge is 2.16. The van der Waals surface area contributed by atoms with Gasteiger partial charge in [-0.25, -0.2) is 0 Å². The van der Waals surface area contributed by atoms with Gasteiger partial charge in [0.2, 0.25) is 11.8 Å². The maximum atomic E-state index is 12.7. The second kappa shape index (κ2) is 12.3. The quantitative estimate of drug-likeness (QED) is 0.439. The molecule has 0 aliphatic carbocycles. The molecule has 0 atom stereocenters. The Morgan fingerprint density at radius 2 is 1.87 bits per heavy atom. The van der Waals surface area contributed by atoms with Crippen LogP contribution in [-0.4, -0.2) is 50.1 Å². The van der Waals surface area contributed by atoms with Crippen molar-refractivity contribution in [3.63, 3.8) is 0 Å². The molecule has 0 aliphatic heterocycles. The van der Waals surface area contributed by atoms with Crippen molar-refractivity contribution < 1.29 is 19.1 Å². The van der Waals surface area contributed by atoms with Crippen LogP contribution in [0.4, 0.5) is 5.69 Å². The molecular formula is C25H30N2O4. The Balaban J connectivity index is 2.02. The molecule has 0 unspecified atom stereocenters. The van der Waals surface area contributed by atoms with Crippen LogP contribution in [0.1, 0.15) is 16.7 Å². The number of hydrogen-bond donors (Lipinski definition) is 1. The molecule has 2 aromatic carbocycles. The minimum atomic E-state index is -0.264. The van der Waals surface area contributed by atoms with Gasteiger partial charge in [0.25, 0.3) is 0 Å². The molecule has 6 nitrogen and oxygen atoms in total. The van der Waals surface area contributed by atoms with E-state index in [9.17, 15) is 9.59 Å². The Bertz CT molecular complexity index is 920. The fraction of sp³-hybridized carbons (Fsp3) is 0.280. The molecule has 31 heavy (non-hydrogen) atoms. The highest BCUT2D eigenvalue weighted by molar-refractivity contribution is 5.98. The second-order valence-corrected chi connectivity index (χ2v) is 7.05. The summed E-state index contributed by atoms with van der Waals surface area (Å²) in [6.07, 6.45) is 4.85. The van der Waals surface area contributed by atoms with Gasteiger partial charge in [0.15, 0.2) is 0 Å². The van der Waals surface area contributed by atoms with Crippen molar-refractivity contribution >= 4 is 23.6 Å². The van der Waals surface area contributed by atoms with Crippen LogP contribution in [0.25, 0.3) is 6.08 Å². The Morgan fingerprint density at radius 1 is 1.13 bits per heavy atom. The van der Waals surface area contributed by atoms with Gasteiger partial charge in [-0.3, -0.25) is 9.59 Å². The molecule has 0 aliphatic rings. The summed E-state index contributed by atoms with van der Waals surface area (Å²) in [5.74, 6) is 0.212. The number of carbonyl (C=O) groups is 2. The Hall–Kier alpha value is -3.38. The number of aryl methyl sites for hydroxylation is 1. The average molecular weight is 423 g/mol. The van der Waals surface area contributed by atoms with Crippen molar-refractivity contribution in [3.05, 3.63) is 77.9 Å². The molecule has 6 heteroatoms. The summed E-state index contributed by atoms with van der Waals surface area (Å²) in [4.78, 5) is 26.7. The molecule has 0 bridgehead atoms. The highest BCUT2D eigenvalue weighted by Crippen LogP contribution is 2.18. The van der Waals surface area contributed by atoms with E-state index in [-0.39, 0.29) is 18.4 Å². The van der Waals surface area contributed by atoms with Crippen molar-refractivity contribution in [2.24, 2.45) is 0 Å². The lowest BCUT2D eigenvalue weighted by Crippen LogP contribution is -2.39. The lowest BCUT2D eigenvalue weighted by molar-refractivity contribution is -0.131. The van der Waals surface area contributed by atoms with Crippen LogP contribution >= 0.6 is 0 Å². The number of nitrogens with zero attached hydrogens (tertiary/aromatic N) is 1. The first kappa shape index (κ1) is 23.9. The van der Waals surface area contributed by atoms with Gasteiger partial charge in [0.05, 0.1) is 6.61 Å². The van der Waals surface area contributed by atoms with E-state index in [0.29, 0.717) is 19.8 Å². The van der Waals surface area contributed by atoms with Crippen LogP contribution in [0, 0.1) is 13.8 Å². The standard InChI is InChI=1S/C25H30N2O4/c1-5-16-31-22-12-9-21(10-13-22)11-14-25(29)27(15-17-30-4)18-24(28)26-23-8-6-7-19(2)20(23)3/h5-14H,1,15-18H2,2-4H3,(H,26,28)/b14-11+. The third kappa shape index (κ3) is 7.75. The average Bonchev–Trinajstić information content (AvgIpc) is 2.77. The predicted octanol–water partition coefficient (Wildman–Crippen LogP) is 4.00. The first-order valence-corrected chi connectivity index (χ1v) is 10.1. The number of rotatable bonds is 11. The lowest BCUT2D eigenvalue weighted by atomic mass is 10.1. The molecule has 1 N–H and O–H groups in total. The first-order chi connectivity index (χ1) is 14.9. The fourth-order valence-corrected chi connectivity index (χ4v) is 2.82. The van der Waals surface area contributed by atoms with Gasteiger partial charge in [-0.05, 0) is 54.8 Å². The largest absolute Gasteiger partial charge is 0.490 e. The van der Waals surface area contributed by atoms with E-state index in [0.717, 1.165) is 28.1 Å². The summed E-state index contributed by atoms with van der Waals surface area (Å²) < 4.78 is 10.5. The smallest absolute Gasteiger partial charge is 0.247 e. The third-order valence-electron chi connectivity index (χ3n) is 4.76. The number of ether oxygens (including phenoxy) is 2. The molecule has 2 amide bonds. The van der Waals surface area contributed by atoms with Gasteiger partial charge in [-0.15, -0.1) is 0 Å². The molecule has 0 saturated heterocycles. The van der Waals surface area contributed by atoms with E-state index in [1.807, 2.05) is 56.3 Å². The normalized spacial score (nSPS) is 10.7. The molecule has 2 rings (SSSR count). The van der Waals surface area contributed by atoms with Crippen LogP contribution in [0.5, 0.6) is 5.75 Å². The van der Waals surface area contributed by atoms with Gasteiger partial charge >= 0.3 is 0 Å². The zero-order valence-corrected chi connectivity index (χ0v) is 18.4. The van der Waals surface area contributed by atoms with Gasteiger partial charge < -0.3 is 19.7 Å². The van der Waals surface area contributed by atoms with Gasteiger partial charge in [0, 0.05) is 25.4 Å². The summed E-state index contributed by atoms with van der Waals surface area (Å²) >= 11 is 0. The maximum absolute atomic E-state index is 12.7. The minimum Gasteiger partial charge on any atom is -0.490 e. The number of carbonyl (C=O) groups excluding carboxylic acids is 2. The van der Waals surface area contributed by atoms with E-state index in [1.54, 1.807) is 19.3 Å². The predicted molar refractivity (Wildman–Crippen MR) is 124 cm³/mol. The minimum absolute atomic E-state index is 0.0613. The van der Waals surface area contributed by atoms with Crippen molar-refractivity contribution in [1.29, 1.82) is 0 Å². The molecular weight excluding hydrogens is 392 g/mol. The third-order valence-corrected chi connectivity index (χ3v) is 4.76. The number of amides is 2. The molecule has 0 heterocycles. The molecule has 0 saturated carbocycles. The van der Waals surface area contributed by atoms with Crippen LogP contribution in [0.3, 0.4) is 0 Å². The molecule has 2 aromatic rings. The summed E-state index contributed by atoms with van der Waals surface area (Å²) in [7, 11) is 1.56. The Kier molecular flexibility index (Phi) is 9.52. The van der Waals surface area contributed by atoms with Crippen LogP contribution in [0.15, 0.2) is 61.2 Å². The molecule has 0 spiro atoms. The molecule has 0 aromatic heterocycles. The summed E-state index contributed by atoms with van der Waals surface area (Å²) in [5.41, 5.74) is 3.70. The molecule has 0 fully saturated rings. The molecule has 0 radical (unpaired) electrons. The molecule has 164 valence electrons. The summed E-state index contributed by atoms with van der Waals surface area (Å²) in [6.45, 7) is 8.59. The van der Waals surface area contributed by atoms with E-state index in [4.69, 9.17) is 9.47 Å². The topological polar surface area (TPSA) is 67.9 Å². The number of methoxy groups -OCH3 is 1. The maximum Gasteiger partial charge on any atom is 0.247 e. The first-order valence-electron chi connectivity index (χ1n) is 10.1. The second-order valence-electron chi connectivity index (χ2n) is 7.05. The number of anilines is 1. The van der Waals surface area contributed by atoms with E-state index >= 15 is 0 Å². The number of nitrogens with one attached hydrogen (secondary N) is 1. The van der Waals surface area contributed by atoms with Crippen molar-refractivity contribution in [3.8, 4) is 5.75 Å². The van der Waals surface area contributed by atoms with E-state index < -0.39 is 0 Å². The van der Waals surface area contributed by atoms with Crippen LogP contribution in [-0.2, 0) is 14.3 Å². The summed E-state index contributed by atoms with van der Waals surface area (Å²) in [6, 6.07) is 13.1. The fourth-order valence-electron chi connectivity index (χ4n) is 2.82. The zero-order chi connectivity index (χ0) is 22.6. The number of benzene rings is 2. The lowest BCUT2D eigenvalue weighted by Gasteiger charge is -2.21. The van der Waals surface area contributed by atoms with E-state index in [2.05, 4.69) is 11.9 Å². The highest BCUT2D eigenvalue weighted by atomic mass is 16.5. The zero-order valence-electron chi connectivity index (χ0n) is 18.4. The SMILES string of the molecule is C=CCOc1ccc(/C=C/C(=O)N(CCOC)CC(=O)Nc2cccc(C)c2C)cc1. The van der Waals surface area contributed by atoms with E-state index in [1.165, 1.54) is 11.0 Å². The van der Waals surface area contributed by atoms with Gasteiger partial charge in [0.1, 0.15) is 18.9 Å². The number of hydrogen-bond acceptors (Lipinski definition) is 4. The van der Waals surface area contributed by atoms with Crippen molar-refractivity contribution in [2.75, 3.05) is 38.7 Å². The van der Waals surface area contributed by atoms with Gasteiger partial charge in [-0.1, -0.05) is 36.9 Å². The van der Waals surface area contributed by atoms with Crippen molar-refractivity contribution in [2.45, 2.75) is 13.8 Å². The van der Waals surface area contributed by atoms with Crippen molar-refractivity contribution in [1.82, 2.24) is 4.90 Å². The Morgan fingerprint density at radius 3 is 2.55 bits per heavy atom. The summed E-state index contributed by atoms with van der Waals surface area (Å²) in [5, 5.41) is 2.89. The monoisotopic (exact) mass is 422 g/mol.